The Morgan fingerprint density at radius 2 is 2.10 bits per heavy atom. The molecule has 0 aliphatic carbocycles. The van der Waals surface area contributed by atoms with E-state index in [-0.39, 0.29) is 0 Å². The number of piperidine rings is 1. The Bertz CT molecular complexity index is 520. The molecule has 20 heavy (non-hydrogen) atoms. The fourth-order valence-corrected chi connectivity index (χ4v) is 2.71. The van der Waals surface area contributed by atoms with Crippen molar-refractivity contribution in [3.63, 3.8) is 0 Å². The van der Waals surface area contributed by atoms with Crippen LogP contribution in [0.15, 0.2) is 36.9 Å². The first-order chi connectivity index (χ1) is 9.83. The van der Waals surface area contributed by atoms with Gasteiger partial charge in [0.05, 0.1) is 5.69 Å². The smallest absolute Gasteiger partial charge is 0.138 e. The molecule has 0 amide bonds. The summed E-state index contributed by atoms with van der Waals surface area (Å²) in [6, 6.07) is 8.96. The zero-order valence-electron chi connectivity index (χ0n) is 11.9. The molecule has 1 aromatic heterocycles. The summed E-state index contributed by atoms with van der Waals surface area (Å²) in [5, 5.41) is 7.65. The van der Waals surface area contributed by atoms with E-state index in [0.717, 1.165) is 17.9 Å². The monoisotopic (exact) mass is 271 g/mol. The van der Waals surface area contributed by atoms with Crippen molar-refractivity contribution in [2.45, 2.75) is 25.3 Å². The van der Waals surface area contributed by atoms with E-state index >= 15 is 0 Å². The van der Waals surface area contributed by atoms with E-state index in [9.17, 15) is 0 Å². The highest BCUT2D eigenvalue weighted by Crippen LogP contribution is 2.17. The second-order valence-corrected chi connectivity index (χ2v) is 5.40. The van der Waals surface area contributed by atoms with Gasteiger partial charge in [0.2, 0.25) is 0 Å². The molecular formula is C15H21N5. The van der Waals surface area contributed by atoms with Crippen molar-refractivity contribution in [2.75, 3.05) is 25.5 Å². The Kier molecular flexibility index (Phi) is 3.97. The summed E-state index contributed by atoms with van der Waals surface area (Å²) in [6.07, 6.45) is 7.23. The van der Waals surface area contributed by atoms with Crippen LogP contribution in [-0.2, 0) is 0 Å². The highest BCUT2D eigenvalue weighted by atomic mass is 15.3. The van der Waals surface area contributed by atoms with Gasteiger partial charge in [-0.15, -0.1) is 0 Å². The Balaban J connectivity index is 1.58. The molecule has 1 aliphatic heterocycles. The molecule has 1 saturated heterocycles. The second-order valence-electron chi connectivity index (χ2n) is 5.40. The first-order valence-electron chi connectivity index (χ1n) is 7.22. The molecule has 0 saturated carbocycles. The van der Waals surface area contributed by atoms with Gasteiger partial charge in [0.1, 0.15) is 12.7 Å². The average molecular weight is 271 g/mol. The van der Waals surface area contributed by atoms with Gasteiger partial charge < -0.3 is 10.2 Å². The predicted octanol–water partition coefficient (Wildman–Crippen LogP) is 2.16. The maximum Gasteiger partial charge on any atom is 0.138 e. The molecule has 1 fully saturated rings. The van der Waals surface area contributed by atoms with Crippen LogP contribution >= 0.6 is 0 Å². The van der Waals surface area contributed by atoms with E-state index in [4.69, 9.17) is 0 Å². The lowest BCUT2D eigenvalue weighted by atomic mass is 10.0. The van der Waals surface area contributed by atoms with Crippen LogP contribution < -0.4 is 5.32 Å². The van der Waals surface area contributed by atoms with Gasteiger partial charge >= 0.3 is 0 Å². The van der Waals surface area contributed by atoms with E-state index in [1.807, 2.05) is 0 Å². The van der Waals surface area contributed by atoms with E-state index in [1.165, 1.54) is 25.8 Å². The number of nitrogens with zero attached hydrogens (tertiary/aromatic N) is 4. The Morgan fingerprint density at radius 3 is 2.80 bits per heavy atom. The number of likely N-dealkylation sites (tertiary alicyclic amines) is 1. The molecule has 0 radical (unpaired) electrons. The van der Waals surface area contributed by atoms with Crippen LogP contribution in [0.1, 0.15) is 19.3 Å². The average Bonchev–Trinajstić information content (AvgIpc) is 3.01. The van der Waals surface area contributed by atoms with E-state index < -0.39 is 0 Å². The lowest BCUT2D eigenvalue weighted by Gasteiger charge is -2.32. The number of anilines is 1. The van der Waals surface area contributed by atoms with E-state index in [2.05, 4.69) is 51.6 Å². The van der Waals surface area contributed by atoms with Crippen molar-refractivity contribution < 1.29 is 0 Å². The highest BCUT2D eigenvalue weighted by Gasteiger charge is 2.18. The fourth-order valence-electron chi connectivity index (χ4n) is 2.71. The number of nitrogens with one attached hydrogen (secondary N) is 1. The van der Waals surface area contributed by atoms with Crippen molar-refractivity contribution in [3.8, 4) is 5.69 Å². The molecular weight excluding hydrogens is 250 g/mol. The SMILES string of the molecule is CN1CCCCC1CNc1ccc(-n2cncn2)cc1. The summed E-state index contributed by atoms with van der Waals surface area (Å²) in [4.78, 5) is 6.42. The first-order valence-corrected chi connectivity index (χ1v) is 7.22. The molecule has 1 N–H and O–H groups in total. The summed E-state index contributed by atoms with van der Waals surface area (Å²) in [5.41, 5.74) is 2.19. The molecule has 0 bridgehead atoms. The second kappa shape index (κ2) is 6.05. The third-order valence-electron chi connectivity index (χ3n) is 4.01. The molecule has 5 heteroatoms. The molecule has 3 rings (SSSR count). The van der Waals surface area contributed by atoms with Gasteiger partial charge in [-0.05, 0) is 50.7 Å². The van der Waals surface area contributed by atoms with Crippen LogP contribution in [0.5, 0.6) is 0 Å². The molecule has 106 valence electrons. The van der Waals surface area contributed by atoms with Crippen molar-refractivity contribution in [3.05, 3.63) is 36.9 Å². The van der Waals surface area contributed by atoms with Crippen LogP contribution in [0.4, 0.5) is 5.69 Å². The zero-order chi connectivity index (χ0) is 13.8. The van der Waals surface area contributed by atoms with Gasteiger partial charge in [-0.2, -0.15) is 5.10 Å². The molecule has 2 aromatic rings. The van der Waals surface area contributed by atoms with Gasteiger partial charge in [0, 0.05) is 18.3 Å². The zero-order valence-corrected chi connectivity index (χ0v) is 11.9. The van der Waals surface area contributed by atoms with Gasteiger partial charge in [0.15, 0.2) is 0 Å². The molecule has 0 spiro atoms. The first kappa shape index (κ1) is 13.1. The Labute approximate surface area is 119 Å². The van der Waals surface area contributed by atoms with Gasteiger partial charge in [-0.25, -0.2) is 9.67 Å². The van der Waals surface area contributed by atoms with E-state index in [0.29, 0.717) is 6.04 Å². The van der Waals surface area contributed by atoms with Crippen molar-refractivity contribution >= 4 is 5.69 Å². The number of likely N-dealkylation sites (N-methyl/N-ethyl adjacent to an activating group) is 1. The van der Waals surface area contributed by atoms with Crippen molar-refractivity contribution in [1.82, 2.24) is 19.7 Å². The minimum Gasteiger partial charge on any atom is -0.383 e. The normalized spacial score (nSPS) is 19.9. The lowest BCUT2D eigenvalue weighted by molar-refractivity contribution is 0.194. The maximum absolute atomic E-state index is 4.12. The van der Waals surface area contributed by atoms with Crippen LogP contribution in [0.25, 0.3) is 5.69 Å². The largest absolute Gasteiger partial charge is 0.383 e. The third kappa shape index (κ3) is 2.99. The molecule has 1 unspecified atom stereocenters. The summed E-state index contributed by atoms with van der Waals surface area (Å²) in [7, 11) is 2.22. The minimum absolute atomic E-state index is 0.652. The van der Waals surface area contributed by atoms with Crippen molar-refractivity contribution in [1.29, 1.82) is 0 Å². The molecule has 1 atom stereocenters. The number of aromatic nitrogens is 3. The third-order valence-corrected chi connectivity index (χ3v) is 4.01. The highest BCUT2D eigenvalue weighted by molar-refractivity contribution is 5.48. The topological polar surface area (TPSA) is 46.0 Å². The van der Waals surface area contributed by atoms with Crippen LogP contribution in [-0.4, -0.2) is 45.8 Å². The van der Waals surface area contributed by atoms with Gasteiger partial charge in [0.25, 0.3) is 0 Å². The van der Waals surface area contributed by atoms with Crippen LogP contribution in [0, 0.1) is 0 Å². The number of rotatable bonds is 4. The maximum atomic E-state index is 4.12. The molecule has 1 aromatic carbocycles. The van der Waals surface area contributed by atoms with E-state index in [1.54, 1.807) is 17.3 Å². The quantitative estimate of drug-likeness (QED) is 0.925. The van der Waals surface area contributed by atoms with Crippen molar-refractivity contribution in [2.24, 2.45) is 0 Å². The number of hydrogen-bond acceptors (Lipinski definition) is 4. The minimum atomic E-state index is 0.652. The Morgan fingerprint density at radius 1 is 1.25 bits per heavy atom. The summed E-state index contributed by atoms with van der Waals surface area (Å²) in [6.45, 7) is 2.23. The molecule has 2 heterocycles. The number of benzene rings is 1. The van der Waals surface area contributed by atoms with Crippen LogP contribution in [0.2, 0.25) is 0 Å². The molecule has 5 nitrogen and oxygen atoms in total. The lowest BCUT2D eigenvalue weighted by Crippen LogP contribution is -2.40. The van der Waals surface area contributed by atoms with Gasteiger partial charge in [-0.1, -0.05) is 6.42 Å². The summed E-state index contributed by atoms with van der Waals surface area (Å²) >= 11 is 0. The predicted molar refractivity (Wildman–Crippen MR) is 80.1 cm³/mol. The van der Waals surface area contributed by atoms with Crippen LogP contribution in [0.3, 0.4) is 0 Å². The standard InChI is InChI=1S/C15H21N5/c1-19-9-3-2-4-15(19)10-17-13-5-7-14(8-6-13)20-12-16-11-18-20/h5-8,11-12,15,17H,2-4,9-10H2,1H3. The molecule has 1 aliphatic rings. The van der Waals surface area contributed by atoms with Gasteiger partial charge in [-0.3, -0.25) is 0 Å². The fraction of sp³-hybridized carbons (Fsp3) is 0.467. The summed E-state index contributed by atoms with van der Waals surface area (Å²) < 4.78 is 1.76. The summed E-state index contributed by atoms with van der Waals surface area (Å²) in [5.74, 6) is 0. The Hall–Kier alpha value is -1.88. The number of hydrogen-bond donors (Lipinski definition) is 1.